The molecule has 2 heteroatoms. The van der Waals surface area contributed by atoms with Crippen molar-refractivity contribution in [2.75, 3.05) is 13.1 Å². The number of nitrogens with zero attached hydrogens (tertiary/aromatic N) is 1. The Morgan fingerprint density at radius 2 is 2.06 bits per heavy atom. The molecule has 0 aliphatic heterocycles. The van der Waals surface area contributed by atoms with Crippen molar-refractivity contribution in [2.24, 2.45) is 0 Å². The van der Waals surface area contributed by atoms with Gasteiger partial charge in [-0.25, -0.2) is 0 Å². The first kappa shape index (κ1) is 11.5. The van der Waals surface area contributed by atoms with E-state index in [-0.39, 0.29) is 0 Å². The monoisotopic (exact) mass is 219 g/mol. The Bertz CT molecular complexity index is 358. The van der Waals surface area contributed by atoms with E-state index < -0.39 is 0 Å². The fourth-order valence-corrected chi connectivity index (χ4v) is 2.85. The molecule has 0 radical (unpaired) electrons. The minimum absolute atomic E-state index is 0.481. The van der Waals surface area contributed by atoms with Gasteiger partial charge in [-0.3, -0.25) is 4.90 Å². The van der Waals surface area contributed by atoms with Gasteiger partial charge in [0.25, 0.3) is 0 Å². The van der Waals surface area contributed by atoms with E-state index in [0.717, 1.165) is 19.5 Å². The standard InChI is InChI=1S/C14H21NO/c1-3-15(4-2)13-9-5-8-12-11(13)7-6-10-14(12)16/h6-7,10,13,16H,3-5,8-9H2,1-2H3. The van der Waals surface area contributed by atoms with Crippen LogP contribution < -0.4 is 0 Å². The van der Waals surface area contributed by atoms with Crippen molar-refractivity contribution in [3.63, 3.8) is 0 Å². The van der Waals surface area contributed by atoms with E-state index >= 15 is 0 Å². The van der Waals surface area contributed by atoms with Crippen molar-refractivity contribution in [1.29, 1.82) is 0 Å². The van der Waals surface area contributed by atoms with Crippen molar-refractivity contribution in [3.05, 3.63) is 29.3 Å². The van der Waals surface area contributed by atoms with Gasteiger partial charge in [-0.15, -0.1) is 0 Å². The van der Waals surface area contributed by atoms with Gasteiger partial charge >= 0.3 is 0 Å². The van der Waals surface area contributed by atoms with Gasteiger partial charge in [0.2, 0.25) is 0 Å². The van der Waals surface area contributed by atoms with Gasteiger partial charge in [-0.2, -0.15) is 0 Å². The summed E-state index contributed by atoms with van der Waals surface area (Å²) in [6.07, 6.45) is 3.43. The number of aromatic hydroxyl groups is 1. The summed E-state index contributed by atoms with van der Waals surface area (Å²) < 4.78 is 0. The second-order valence-corrected chi connectivity index (χ2v) is 4.47. The average Bonchev–Trinajstić information content (AvgIpc) is 2.32. The van der Waals surface area contributed by atoms with Crippen molar-refractivity contribution in [1.82, 2.24) is 4.90 Å². The zero-order valence-electron chi connectivity index (χ0n) is 10.2. The van der Waals surface area contributed by atoms with Crippen LogP contribution in [0.2, 0.25) is 0 Å². The lowest BCUT2D eigenvalue weighted by Crippen LogP contribution is -2.31. The lowest BCUT2D eigenvalue weighted by atomic mass is 9.86. The maximum absolute atomic E-state index is 9.88. The van der Waals surface area contributed by atoms with Crippen LogP contribution in [0.15, 0.2) is 18.2 Å². The number of benzene rings is 1. The molecule has 1 aliphatic carbocycles. The summed E-state index contributed by atoms with van der Waals surface area (Å²) in [4.78, 5) is 2.48. The number of rotatable bonds is 3. The van der Waals surface area contributed by atoms with E-state index in [1.165, 1.54) is 24.0 Å². The maximum Gasteiger partial charge on any atom is 0.119 e. The molecule has 88 valence electrons. The first-order valence-electron chi connectivity index (χ1n) is 6.32. The van der Waals surface area contributed by atoms with Crippen molar-refractivity contribution in [2.45, 2.75) is 39.2 Å². The highest BCUT2D eigenvalue weighted by atomic mass is 16.3. The smallest absolute Gasteiger partial charge is 0.119 e. The number of phenolic OH excluding ortho intramolecular Hbond substituents is 1. The highest BCUT2D eigenvalue weighted by molar-refractivity contribution is 5.42. The van der Waals surface area contributed by atoms with E-state index in [4.69, 9.17) is 0 Å². The van der Waals surface area contributed by atoms with Crippen LogP contribution in [0.5, 0.6) is 5.75 Å². The average molecular weight is 219 g/mol. The minimum atomic E-state index is 0.481. The highest BCUT2D eigenvalue weighted by Crippen LogP contribution is 2.37. The molecule has 1 aromatic rings. The molecule has 2 rings (SSSR count). The molecule has 0 aromatic heterocycles. The van der Waals surface area contributed by atoms with Crippen LogP contribution in [0.1, 0.15) is 43.9 Å². The van der Waals surface area contributed by atoms with E-state index in [0.29, 0.717) is 11.8 Å². The Balaban J connectivity index is 2.36. The summed E-state index contributed by atoms with van der Waals surface area (Å²) in [5.74, 6) is 0.481. The fourth-order valence-electron chi connectivity index (χ4n) is 2.85. The Labute approximate surface area is 97.9 Å². The van der Waals surface area contributed by atoms with E-state index in [1.807, 2.05) is 12.1 Å². The van der Waals surface area contributed by atoms with Crippen LogP contribution in [0.3, 0.4) is 0 Å². The molecule has 1 aromatic carbocycles. The normalized spacial score (nSPS) is 19.8. The largest absolute Gasteiger partial charge is 0.508 e. The van der Waals surface area contributed by atoms with Crippen molar-refractivity contribution in [3.8, 4) is 5.75 Å². The molecule has 16 heavy (non-hydrogen) atoms. The highest BCUT2D eigenvalue weighted by Gasteiger charge is 2.25. The van der Waals surface area contributed by atoms with Gasteiger partial charge < -0.3 is 5.11 Å². The summed E-state index contributed by atoms with van der Waals surface area (Å²) in [6.45, 7) is 6.58. The summed E-state index contributed by atoms with van der Waals surface area (Å²) >= 11 is 0. The molecular weight excluding hydrogens is 198 g/mol. The van der Waals surface area contributed by atoms with Crippen molar-refractivity contribution >= 4 is 0 Å². The van der Waals surface area contributed by atoms with Crippen LogP contribution in [0, 0.1) is 0 Å². The molecule has 0 amide bonds. The third-order valence-electron chi connectivity index (χ3n) is 3.70. The second kappa shape index (κ2) is 4.88. The Hall–Kier alpha value is -1.02. The van der Waals surface area contributed by atoms with E-state index in [2.05, 4.69) is 24.8 Å². The first-order chi connectivity index (χ1) is 7.77. The molecule has 0 bridgehead atoms. The third kappa shape index (κ3) is 1.94. The Morgan fingerprint density at radius 1 is 1.31 bits per heavy atom. The topological polar surface area (TPSA) is 23.5 Å². The van der Waals surface area contributed by atoms with Crippen LogP contribution in [0.25, 0.3) is 0 Å². The molecule has 0 fully saturated rings. The zero-order chi connectivity index (χ0) is 11.5. The summed E-state index contributed by atoms with van der Waals surface area (Å²) in [6, 6.07) is 6.46. The Kier molecular flexibility index (Phi) is 3.49. The lowest BCUT2D eigenvalue weighted by Gasteiger charge is -2.34. The quantitative estimate of drug-likeness (QED) is 0.844. The maximum atomic E-state index is 9.88. The molecule has 1 aliphatic rings. The van der Waals surface area contributed by atoms with Crippen LogP contribution in [-0.2, 0) is 6.42 Å². The molecule has 1 unspecified atom stereocenters. The van der Waals surface area contributed by atoms with E-state index in [1.54, 1.807) is 0 Å². The molecule has 2 nitrogen and oxygen atoms in total. The molecule has 0 spiro atoms. The van der Waals surface area contributed by atoms with Gasteiger partial charge in [-0.05, 0) is 49.5 Å². The van der Waals surface area contributed by atoms with Gasteiger partial charge in [0.1, 0.15) is 5.75 Å². The van der Waals surface area contributed by atoms with Gasteiger partial charge in [0, 0.05) is 6.04 Å². The summed E-state index contributed by atoms with van der Waals surface area (Å²) in [7, 11) is 0. The van der Waals surface area contributed by atoms with Crippen molar-refractivity contribution < 1.29 is 5.11 Å². The van der Waals surface area contributed by atoms with E-state index in [9.17, 15) is 5.11 Å². The van der Waals surface area contributed by atoms with Gasteiger partial charge in [-0.1, -0.05) is 26.0 Å². The molecule has 1 atom stereocenters. The van der Waals surface area contributed by atoms with Crippen LogP contribution in [0.4, 0.5) is 0 Å². The number of hydrogen-bond acceptors (Lipinski definition) is 2. The van der Waals surface area contributed by atoms with Gasteiger partial charge in [0.05, 0.1) is 0 Å². The minimum Gasteiger partial charge on any atom is -0.508 e. The lowest BCUT2D eigenvalue weighted by molar-refractivity contribution is 0.197. The zero-order valence-corrected chi connectivity index (χ0v) is 10.2. The molecule has 0 saturated carbocycles. The number of phenols is 1. The first-order valence-corrected chi connectivity index (χ1v) is 6.32. The molecule has 0 saturated heterocycles. The van der Waals surface area contributed by atoms with Crippen LogP contribution in [-0.4, -0.2) is 23.1 Å². The second-order valence-electron chi connectivity index (χ2n) is 4.47. The van der Waals surface area contributed by atoms with Gasteiger partial charge in [0.15, 0.2) is 0 Å². The SMILES string of the molecule is CCN(CC)C1CCCc2c(O)cccc21. The molecular formula is C14H21NO. The summed E-state index contributed by atoms with van der Waals surface area (Å²) in [5.41, 5.74) is 2.51. The predicted octanol–water partition coefficient (Wildman–Crippen LogP) is 3.11. The number of fused-ring (bicyclic) bond motifs is 1. The number of hydrogen-bond donors (Lipinski definition) is 1. The van der Waals surface area contributed by atoms with Crippen LogP contribution >= 0.6 is 0 Å². The third-order valence-corrected chi connectivity index (χ3v) is 3.70. The fraction of sp³-hybridized carbons (Fsp3) is 0.571. The predicted molar refractivity (Wildman–Crippen MR) is 66.7 cm³/mol. The molecule has 1 N–H and O–H groups in total. The molecule has 0 heterocycles. The Morgan fingerprint density at radius 3 is 2.75 bits per heavy atom. The summed E-state index contributed by atoms with van der Waals surface area (Å²) in [5, 5.41) is 9.88.